The highest BCUT2D eigenvalue weighted by atomic mass is 16.6. The summed E-state index contributed by atoms with van der Waals surface area (Å²) in [6.07, 6.45) is 0.940. The topological polar surface area (TPSA) is 55.8 Å². The molecular weight excluding hydrogens is 318 g/mol. The standard InChI is InChI=1S/C20H21NO4/c1-24-18-9-7-15(8-10-18)13-16-14-17(22)11-12-21(16)20(23)25-19-5-3-2-4-6-19/h2-10,16H,11-14H2,1H3/t16-/m0/s1. The monoisotopic (exact) mass is 339 g/mol. The van der Waals surface area contributed by atoms with Gasteiger partial charge in [0.2, 0.25) is 0 Å². The molecule has 130 valence electrons. The van der Waals surface area contributed by atoms with E-state index in [1.165, 1.54) is 0 Å². The number of amides is 1. The van der Waals surface area contributed by atoms with Crippen LogP contribution < -0.4 is 9.47 Å². The number of hydrogen-bond acceptors (Lipinski definition) is 4. The lowest BCUT2D eigenvalue weighted by atomic mass is 9.95. The van der Waals surface area contributed by atoms with Crippen LogP contribution in [0.4, 0.5) is 4.79 Å². The van der Waals surface area contributed by atoms with Crippen LogP contribution in [0.15, 0.2) is 54.6 Å². The van der Waals surface area contributed by atoms with E-state index in [0.29, 0.717) is 31.6 Å². The first-order valence-electron chi connectivity index (χ1n) is 8.34. The number of para-hydroxylation sites is 1. The fourth-order valence-electron chi connectivity index (χ4n) is 3.01. The Labute approximate surface area is 147 Å². The second kappa shape index (κ2) is 7.83. The van der Waals surface area contributed by atoms with Crippen LogP contribution in [-0.2, 0) is 11.2 Å². The number of ether oxygens (including phenoxy) is 2. The maximum atomic E-state index is 12.5. The van der Waals surface area contributed by atoms with Crippen molar-refractivity contribution in [2.24, 2.45) is 0 Å². The van der Waals surface area contributed by atoms with E-state index in [9.17, 15) is 9.59 Å². The minimum absolute atomic E-state index is 0.183. The second-order valence-electron chi connectivity index (χ2n) is 6.07. The van der Waals surface area contributed by atoms with E-state index >= 15 is 0 Å². The number of Topliss-reactive ketones (excluding diaryl/α,β-unsaturated/α-hetero) is 1. The number of ketones is 1. The van der Waals surface area contributed by atoms with Gasteiger partial charge in [-0.25, -0.2) is 4.79 Å². The molecule has 1 saturated heterocycles. The maximum Gasteiger partial charge on any atom is 0.415 e. The third-order valence-electron chi connectivity index (χ3n) is 4.35. The average molecular weight is 339 g/mol. The molecule has 5 nitrogen and oxygen atoms in total. The molecule has 5 heteroatoms. The lowest BCUT2D eigenvalue weighted by Gasteiger charge is -2.34. The van der Waals surface area contributed by atoms with Gasteiger partial charge in [0.05, 0.1) is 7.11 Å². The Balaban J connectivity index is 1.71. The number of benzene rings is 2. The van der Waals surface area contributed by atoms with Gasteiger partial charge in [-0.05, 0) is 36.2 Å². The molecule has 0 aromatic heterocycles. The largest absolute Gasteiger partial charge is 0.497 e. The van der Waals surface area contributed by atoms with Gasteiger partial charge in [-0.2, -0.15) is 0 Å². The maximum absolute atomic E-state index is 12.5. The second-order valence-corrected chi connectivity index (χ2v) is 6.07. The van der Waals surface area contributed by atoms with Gasteiger partial charge < -0.3 is 14.4 Å². The molecule has 2 aromatic rings. The normalized spacial score (nSPS) is 17.2. The fraction of sp³-hybridized carbons (Fsp3) is 0.300. The number of methoxy groups -OCH3 is 1. The highest BCUT2D eigenvalue weighted by molar-refractivity contribution is 5.82. The molecule has 1 aliphatic heterocycles. The van der Waals surface area contributed by atoms with Gasteiger partial charge in [-0.3, -0.25) is 4.79 Å². The summed E-state index contributed by atoms with van der Waals surface area (Å²) in [5, 5.41) is 0. The lowest BCUT2D eigenvalue weighted by Crippen LogP contribution is -2.48. The molecule has 1 aliphatic rings. The first-order chi connectivity index (χ1) is 12.2. The molecule has 0 radical (unpaired) electrons. The Morgan fingerprint density at radius 3 is 2.48 bits per heavy atom. The number of nitrogens with zero attached hydrogens (tertiary/aromatic N) is 1. The van der Waals surface area contributed by atoms with Crippen LogP contribution in [0.1, 0.15) is 18.4 Å². The minimum atomic E-state index is -0.405. The quantitative estimate of drug-likeness (QED) is 0.856. The number of hydrogen-bond donors (Lipinski definition) is 0. The number of piperidine rings is 1. The van der Waals surface area contributed by atoms with E-state index in [0.717, 1.165) is 11.3 Å². The van der Waals surface area contributed by atoms with Gasteiger partial charge in [0.1, 0.15) is 17.3 Å². The third-order valence-corrected chi connectivity index (χ3v) is 4.35. The summed E-state index contributed by atoms with van der Waals surface area (Å²) in [5.41, 5.74) is 1.05. The fourth-order valence-corrected chi connectivity index (χ4v) is 3.01. The highest BCUT2D eigenvalue weighted by Gasteiger charge is 2.31. The Kier molecular flexibility index (Phi) is 5.33. The van der Waals surface area contributed by atoms with E-state index in [4.69, 9.17) is 9.47 Å². The van der Waals surface area contributed by atoms with Crippen LogP contribution in [0.25, 0.3) is 0 Å². The smallest absolute Gasteiger partial charge is 0.415 e. The summed E-state index contributed by atoms with van der Waals surface area (Å²) in [6.45, 7) is 0.394. The van der Waals surface area contributed by atoms with Gasteiger partial charge in [-0.1, -0.05) is 30.3 Å². The number of carbonyl (C=O) groups excluding carboxylic acids is 2. The first-order valence-corrected chi connectivity index (χ1v) is 8.34. The van der Waals surface area contributed by atoms with Crippen molar-refractivity contribution in [1.82, 2.24) is 4.90 Å². The average Bonchev–Trinajstić information content (AvgIpc) is 2.63. The van der Waals surface area contributed by atoms with E-state index in [2.05, 4.69) is 0 Å². The van der Waals surface area contributed by atoms with Crippen molar-refractivity contribution in [3.05, 3.63) is 60.2 Å². The predicted octanol–water partition coefficient (Wildman–Crippen LogP) is 3.47. The Morgan fingerprint density at radius 2 is 1.80 bits per heavy atom. The van der Waals surface area contributed by atoms with E-state index < -0.39 is 6.09 Å². The van der Waals surface area contributed by atoms with Gasteiger partial charge in [0.15, 0.2) is 0 Å². The molecule has 0 saturated carbocycles. The molecule has 0 unspecified atom stereocenters. The first kappa shape index (κ1) is 17.0. The van der Waals surface area contributed by atoms with Gasteiger partial charge in [0.25, 0.3) is 0 Å². The number of likely N-dealkylation sites (tertiary alicyclic amines) is 1. The van der Waals surface area contributed by atoms with E-state index in [1.807, 2.05) is 42.5 Å². The molecule has 1 atom stereocenters. The molecule has 0 bridgehead atoms. The molecule has 0 N–H and O–H groups in total. The molecule has 25 heavy (non-hydrogen) atoms. The van der Waals surface area contributed by atoms with Gasteiger partial charge in [-0.15, -0.1) is 0 Å². The van der Waals surface area contributed by atoms with Crippen molar-refractivity contribution >= 4 is 11.9 Å². The highest BCUT2D eigenvalue weighted by Crippen LogP contribution is 2.22. The zero-order valence-corrected chi connectivity index (χ0v) is 14.2. The lowest BCUT2D eigenvalue weighted by molar-refractivity contribution is -0.122. The van der Waals surface area contributed by atoms with Crippen LogP contribution in [0.5, 0.6) is 11.5 Å². The molecule has 0 spiro atoms. The molecular formula is C20H21NO4. The summed E-state index contributed by atoms with van der Waals surface area (Å²) in [7, 11) is 1.62. The van der Waals surface area contributed by atoms with Crippen molar-refractivity contribution in [1.29, 1.82) is 0 Å². The molecule has 2 aromatic carbocycles. The summed E-state index contributed by atoms with van der Waals surface area (Å²) < 4.78 is 10.6. The van der Waals surface area contributed by atoms with Gasteiger partial charge >= 0.3 is 6.09 Å². The Bertz CT molecular complexity index is 727. The van der Waals surface area contributed by atoms with Crippen molar-refractivity contribution in [3.63, 3.8) is 0 Å². The SMILES string of the molecule is COc1ccc(C[C@H]2CC(=O)CCN2C(=O)Oc2ccccc2)cc1. The van der Waals surface area contributed by atoms with Crippen molar-refractivity contribution in [2.45, 2.75) is 25.3 Å². The van der Waals surface area contributed by atoms with E-state index in [1.54, 1.807) is 24.1 Å². The van der Waals surface area contributed by atoms with Crippen LogP contribution in [0.2, 0.25) is 0 Å². The van der Waals surface area contributed by atoms with Crippen molar-refractivity contribution in [2.75, 3.05) is 13.7 Å². The van der Waals surface area contributed by atoms with Crippen LogP contribution >= 0.6 is 0 Å². The molecule has 3 rings (SSSR count). The third kappa shape index (κ3) is 4.38. The molecule has 0 aliphatic carbocycles. The van der Waals surface area contributed by atoms with Crippen molar-refractivity contribution < 1.29 is 19.1 Å². The van der Waals surface area contributed by atoms with E-state index in [-0.39, 0.29) is 11.8 Å². The number of rotatable bonds is 4. The Hall–Kier alpha value is -2.82. The molecule has 1 amide bonds. The molecule has 1 fully saturated rings. The summed E-state index contributed by atoms with van der Waals surface area (Å²) in [6, 6.07) is 16.5. The van der Waals surface area contributed by atoms with Crippen LogP contribution in [-0.4, -0.2) is 36.5 Å². The minimum Gasteiger partial charge on any atom is -0.497 e. The van der Waals surface area contributed by atoms with Crippen molar-refractivity contribution in [3.8, 4) is 11.5 Å². The van der Waals surface area contributed by atoms with Gasteiger partial charge in [0, 0.05) is 25.4 Å². The molecule has 1 heterocycles. The summed E-state index contributed by atoms with van der Waals surface area (Å²) in [5.74, 6) is 1.47. The summed E-state index contributed by atoms with van der Waals surface area (Å²) >= 11 is 0. The van der Waals surface area contributed by atoms with Crippen LogP contribution in [0.3, 0.4) is 0 Å². The number of carbonyl (C=O) groups is 2. The predicted molar refractivity (Wildman–Crippen MR) is 93.9 cm³/mol. The summed E-state index contributed by atoms with van der Waals surface area (Å²) in [4.78, 5) is 26.1. The van der Waals surface area contributed by atoms with Crippen LogP contribution in [0, 0.1) is 0 Å². The zero-order chi connectivity index (χ0) is 17.6. The Morgan fingerprint density at radius 1 is 1.08 bits per heavy atom. The zero-order valence-electron chi connectivity index (χ0n) is 14.2.